The first-order chi connectivity index (χ1) is 7.37. The van der Waals surface area contributed by atoms with Crippen LogP contribution >= 0.6 is 0 Å². The number of anilines is 2. The van der Waals surface area contributed by atoms with E-state index in [0.29, 0.717) is 5.69 Å². The summed E-state index contributed by atoms with van der Waals surface area (Å²) in [7, 11) is -3.39. The number of ketones is 1. The molecule has 16 heavy (non-hydrogen) atoms. The van der Waals surface area contributed by atoms with Crippen LogP contribution in [0.5, 0.6) is 0 Å². The molecule has 0 radical (unpaired) electrons. The molecule has 7 heteroatoms. The van der Waals surface area contributed by atoms with E-state index in [2.05, 4.69) is 10.0 Å². The molecule has 0 aliphatic carbocycles. The van der Waals surface area contributed by atoms with Gasteiger partial charge in [-0.25, -0.2) is 8.42 Å². The van der Waals surface area contributed by atoms with Crippen LogP contribution in [-0.2, 0) is 14.8 Å². The van der Waals surface area contributed by atoms with Crippen LogP contribution in [0.25, 0.3) is 0 Å². The quantitative estimate of drug-likeness (QED) is 0.722. The molecule has 1 heterocycles. The Bertz CT molecular complexity index is 592. The Morgan fingerprint density at radius 2 is 1.94 bits per heavy atom. The molecule has 0 saturated carbocycles. The maximum atomic E-state index is 11.3. The Kier molecular flexibility index (Phi) is 2.20. The minimum atomic E-state index is -3.39. The number of Topliss-reactive ketones (excluding diaryl/α,β-unsaturated/α-hetero) is 1. The van der Waals surface area contributed by atoms with Gasteiger partial charge in [0.1, 0.15) is 0 Å². The number of carbonyl (C=O) groups excluding carboxylic acids is 2. The maximum absolute atomic E-state index is 11.3. The van der Waals surface area contributed by atoms with Gasteiger partial charge in [0.2, 0.25) is 10.0 Å². The molecule has 0 bridgehead atoms. The first-order valence-corrected chi connectivity index (χ1v) is 6.23. The smallest absolute Gasteiger partial charge is 0.296 e. The molecule has 2 N–H and O–H groups in total. The molecule has 1 aliphatic heterocycles. The van der Waals surface area contributed by atoms with Gasteiger partial charge < -0.3 is 5.32 Å². The van der Waals surface area contributed by atoms with Crippen molar-refractivity contribution in [3.63, 3.8) is 0 Å². The third kappa shape index (κ3) is 1.89. The number of hydrogen-bond acceptors (Lipinski definition) is 4. The summed E-state index contributed by atoms with van der Waals surface area (Å²) in [5.74, 6) is -1.36. The topological polar surface area (TPSA) is 92.3 Å². The maximum Gasteiger partial charge on any atom is 0.296 e. The predicted molar refractivity (Wildman–Crippen MR) is 57.9 cm³/mol. The van der Waals surface area contributed by atoms with Gasteiger partial charge in [0.25, 0.3) is 11.7 Å². The molecule has 1 aromatic carbocycles. The van der Waals surface area contributed by atoms with Crippen molar-refractivity contribution in [2.24, 2.45) is 0 Å². The first kappa shape index (κ1) is 10.6. The van der Waals surface area contributed by atoms with Gasteiger partial charge in [0, 0.05) is 5.69 Å². The predicted octanol–water partition coefficient (Wildman–Crippen LogP) is 0.193. The summed E-state index contributed by atoms with van der Waals surface area (Å²) in [6, 6.07) is 4.28. The monoisotopic (exact) mass is 240 g/mol. The Hall–Kier alpha value is -1.89. The second-order valence-electron chi connectivity index (χ2n) is 3.42. The lowest BCUT2D eigenvalue weighted by Gasteiger charge is -2.04. The molecule has 2 rings (SSSR count). The van der Waals surface area contributed by atoms with E-state index in [1.807, 2.05) is 0 Å². The zero-order chi connectivity index (χ0) is 11.9. The van der Waals surface area contributed by atoms with E-state index < -0.39 is 21.7 Å². The SMILES string of the molecule is CS(=O)(=O)Nc1ccc2c(c1)C(=O)C(=O)N2. The van der Waals surface area contributed by atoms with Gasteiger partial charge in [0.05, 0.1) is 17.5 Å². The van der Waals surface area contributed by atoms with Crippen LogP contribution in [0.2, 0.25) is 0 Å². The number of hydrogen-bond donors (Lipinski definition) is 2. The first-order valence-electron chi connectivity index (χ1n) is 4.34. The second-order valence-corrected chi connectivity index (χ2v) is 5.17. The third-order valence-electron chi connectivity index (χ3n) is 2.02. The van der Waals surface area contributed by atoms with Crippen LogP contribution in [0.3, 0.4) is 0 Å². The zero-order valence-corrected chi connectivity index (χ0v) is 9.09. The van der Waals surface area contributed by atoms with Crippen molar-refractivity contribution >= 4 is 33.1 Å². The van der Waals surface area contributed by atoms with E-state index in [0.717, 1.165) is 6.26 Å². The van der Waals surface area contributed by atoms with Crippen LogP contribution in [-0.4, -0.2) is 26.4 Å². The van der Waals surface area contributed by atoms with Gasteiger partial charge >= 0.3 is 0 Å². The zero-order valence-electron chi connectivity index (χ0n) is 8.27. The molecule has 1 aromatic rings. The fourth-order valence-electron chi connectivity index (χ4n) is 1.42. The molecule has 1 amide bonds. The van der Waals surface area contributed by atoms with Crippen LogP contribution in [0.15, 0.2) is 18.2 Å². The van der Waals surface area contributed by atoms with E-state index in [9.17, 15) is 18.0 Å². The number of amides is 1. The molecule has 1 aliphatic rings. The largest absolute Gasteiger partial charge is 0.318 e. The van der Waals surface area contributed by atoms with Crippen molar-refractivity contribution in [1.29, 1.82) is 0 Å². The lowest BCUT2D eigenvalue weighted by molar-refractivity contribution is -0.112. The molecule has 0 aromatic heterocycles. The average Bonchev–Trinajstić information content (AvgIpc) is 2.42. The minimum Gasteiger partial charge on any atom is -0.318 e. The number of rotatable bonds is 2. The normalized spacial score (nSPS) is 14.6. The number of sulfonamides is 1. The standard InChI is InChI=1S/C9H8N2O4S/c1-16(14,15)11-5-2-3-7-6(4-5)8(12)9(13)10-7/h2-4,11H,1H3,(H,10,12,13). The molecular weight excluding hydrogens is 232 g/mol. The highest BCUT2D eigenvalue weighted by Gasteiger charge is 2.28. The van der Waals surface area contributed by atoms with Gasteiger partial charge in [-0.15, -0.1) is 0 Å². The van der Waals surface area contributed by atoms with Gasteiger partial charge in [-0.2, -0.15) is 0 Å². The summed E-state index contributed by atoms with van der Waals surface area (Å²) in [4.78, 5) is 22.4. The van der Waals surface area contributed by atoms with Gasteiger partial charge in [-0.05, 0) is 18.2 Å². The summed E-state index contributed by atoms with van der Waals surface area (Å²) >= 11 is 0. The van der Waals surface area contributed by atoms with Gasteiger partial charge in [-0.3, -0.25) is 14.3 Å². The summed E-state index contributed by atoms with van der Waals surface area (Å²) in [6.07, 6.45) is 1.01. The molecule has 6 nitrogen and oxygen atoms in total. The fraction of sp³-hybridized carbons (Fsp3) is 0.111. The molecule has 0 atom stereocenters. The Balaban J connectivity index is 2.42. The molecule has 0 spiro atoms. The summed E-state index contributed by atoms with van der Waals surface area (Å²) < 4.78 is 24.2. The van der Waals surface area contributed by atoms with Crippen molar-refractivity contribution in [3.05, 3.63) is 23.8 Å². The van der Waals surface area contributed by atoms with Crippen molar-refractivity contribution in [2.75, 3.05) is 16.3 Å². The molecule has 0 fully saturated rings. The molecular formula is C9H8N2O4S. The van der Waals surface area contributed by atoms with Crippen LogP contribution in [0.1, 0.15) is 10.4 Å². The van der Waals surface area contributed by atoms with Crippen molar-refractivity contribution in [1.82, 2.24) is 0 Å². The van der Waals surface area contributed by atoms with Gasteiger partial charge in [0.15, 0.2) is 0 Å². The summed E-state index contributed by atoms with van der Waals surface area (Å²) in [5.41, 5.74) is 0.832. The Morgan fingerprint density at radius 3 is 2.56 bits per heavy atom. The highest BCUT2D eigenvalue weighted by atomic mass is 32.2. The molecule has 0 unspecified atom stereocenters. The van der Waals surface area contributed by atoms with Crippen LogP contribution in [0.4, 0.5) is 11.4 Å². The summed E-state index contributed by atoms with van der Waals surface area (Å²) in [6.45, 7) is 0. The van der Waals surface area contributed by atoms with E-state index >= 15 is 0 Å². The van der Waals surface area contributed by atoms with Crippen molar-refractivity contribution in [2.45, 2.75) is 0 Å². The average molecular weight is 240 g/mol. The highest BCUT2D eigenvalue weighted by Crippen LogP contribution is 2.26. The van der Waals surface area contributed by atoms with Crippen molar-refractivity contribution < 1.29 is 18.0 Å². The highest BCUT2D eigenvalue weighted by molar-refractivity contribution is 7.92. The molecule has 84 valence electrons. The van der Waals surface area contributed by atoms with Crippen LogP contribution in [0, 0.1) is 0 Å². The second kappa shape index (κ2) is 3.31. The minimum absolute atomic E-state index is 0.179. The van der Waals surface area contributed by atoms with E-state index in [1.54, 1.807) is 0 Å². The van der Waals surface area contributed by atoms with Crippen LogP contribution < -0.4 is 10.0 Å². The summed E-state index contributed by atoms with van der Waals surface area (Å²) in [5, 5.41) is 2.37. The Labute approximate surface area is 91.7 Å². The van der Waals surface area contributed by atoms with E-state index in [-0.39, 0.29) is 11.3 Å². The lowest BCUT2D eigenvalue weighted by atomic mass is 10.1. The lowest BCUT2D eigenvalue weighted by Crippen LogP contribution is -2.12. The number of benzene rings is 1. The molecule has 0 saturated heterocycles. The van der Waals surface area contributed by atoms with E-state index in [4.69, 9.17) is 0 Å². The fourth-order valence-corrected chi connectivity index (χ4v) is 1.98. The van der Waals surface area contributed by atoms with E-state index in [1.165, 1.54) is 18.2 Å². The number of fused-ring (bicyclic) bond motifs is 1. The number of carbonyl (C=O) groups is 2. The third-order valence-corrected chi connectivity index (χ3v) is 2.63. The number of nitrogens with one attached hydrogen (secondary N) is 2. The Morgan fingerprint density at radius 1 is 1.25 bits per heavy atom. The van der Waals surface area contributed by atoms with Crippen molar-refractivity contribution in [3.8, 4) is 0 Å². The van der Waals surface area contributed by atoms with Gasteiger partial charge in [-0.1, -0.05) is 0 Å².